The molecular weight excluding hydrogens is 441 g/mol. The molecule has 21 heavy (non-hydrogen) atoms. The Morgan fingerprint density at radius 2 is 2.10 bits per heavy atom. The molecule has 0 spiro atoms. The summed E-state index contributed by atoms with van der Waals surface area (Å²) >= 11 is 5.90. The smallest absolute Gasteiger partial charge is 0.122 e. The van der Waals surface area contributed by atoms with Crippen LogP contribution in [-0.4, -0.2) is 6.61 Å². The van der Waals surface area contributed by atoms with Crippen LogP contribution in [0.3, 0.4) is 0 Å². The van der Waals surface area contributed by atoms with Gasteiger partial charge in [-0.2, -0.15) is 0 Å². The molecule has 2 unspecified atom stereocenters. The van der Waals surface area contributed by atoms with Crippen molar-refractivity contribution in [1.29, 1.82) is 0 Å². The van der Waals surface area contributed by atoms with Crippen LogP contribution in [0, 0.1) is 3.57 Å². The maximum absolute atomic E-state index is 6.49. The number of hydrogen-bond acceptors (Lipinski definition) is 2. The van der Waals surface area contributed by atoms with Gasteiger partial charge in [0.05, 0.1) is 6.61 Å². The van der Waals surface area contributed by atoms with Gasteiger partial charge in [-0.05, 0) is 76.7 Å². The number of benzene rings is 2. The van der Waals surface area contributed by atoms with Crippen molar-refractivity contribution in [3.8, 4) is 5.75 Å². The van der Waals surface area contributed by atoms with Crippen LogP contribution in [0.5, 0.6) is 5.75 Å². The summed E-state index contributed by atoms with van der Waals surface area (Å²) in [4.78, 5) is 0. The second kappa shape index (κ2) is 6.67. The molecule has 0 aliphatic carbocycles. The van der Waals surface area contributed by atoms with E-state index in [4.69, 9.17) is 10.5 Å². The standard InChI is InChI=1S/C17H17BrINO/c18-12-5-6-15(19)14(10-12)16(20)9-11-7-8-21-17-4-2-1-3-13(11)17/h1-6,10-11,16H,7-9,20H2. The Bertz CT molecular complexity index is 646. The first kappa shape index (κ1) is 15.3. The van der Waals surface area contributed by atoms with E-state index in [1.54, 1.807) is 0 Å². The molecule has 2 aromatic rings. The van der Waals surface area contributed by atoms with Crippen molar-refractivity contribution in [2.24, 2.45) is 5.73 Å². The highest BCUT2D eigenvalue weighted by atomic mass is 127. The third-order valence-electron chi connectivity index (χ3n) is 3.98. The summed E-state index contributed by atoms with van der Waals surface area (Å²) < 4.78 is 8.04. The third kappa shape index (κ3) is 3.43. The fourth-order valence-electron chi connectivity index (χ4n) is 2.89. The van der Waals surface area contributed by atoms with Gasteiger partial charge < -0.3 is 10.5 Å². The number of hydrogen-bond donors (Lipinski definition) is 1. The Labute approximate surface area is 147 Å². The average Bonchev–Trinajstić information content (AvgIpc) is 2.50. The van der Waals surface area contributed by atoms with E-state index >= 15 is 0 Å². The summed E-state index contributed by atoms with van der Waals surface area (Å²) in [5.74, 6) is 1.49. The second-order valence-corrected chi connectivity index (χ2v) is 7.46. The SMILES string of the molecule is NC(CC1CCOc2ccccc21)c1cc(Br)ccc1I. The largest absolute Gasteiger partial charge is 0.493 e. The van der Waals surface area contributed by atoms with Crippen molar-refractivity contribution in [2.75, 3.05) is 6.61 Å². The minimum atomic E-state index is 0.0468. The van der Waals surface area contributed by atoms with Gasteiger partial charge in [0.25, 0.3) is 0 Å². The van der Waals surface area contributed by atoms with Crippen molar-refractivity contribution in [3.05, 3.63) is 61.6 Å². The molecule has 2 N–H and O–H groups in total. The molecule has 110 valence electrons. The molecule has 1 aliphatic heterocycles. The lowest BCUT2D eigenvalue weighted by Crippen LogP contribution is -2.20. The van der Waals surface area contributed by atoms with Crippen LogP contribution >= 0.6 is 38.5 Å². The van der Waals surface area contributed by atoms with Gasteiger partial charge in [-0.25, -0.2) is 0 Å². The van der Waals surface area contributed by atoms with Gasteiger partial charge >= 0.3 is 0 Å². The Morgan fingerprint density at radius 3 is 2.95 bits per heavy atom. The molecule has 0 fully saturated rings. The quantitative estimate of drug-likeness (QED) is 0.657. The Kier molecular flexibility index (Phi) is 4.86. The van der Waals surface area contributed by atoms with E-state index in [2.05, 4.69) is 74.9 Å². The number of fused-ring (bicyclic) bond motifs is 1. The van der Waals surface area contributed by atoms with Crippen molar-refractivity contribution < 1.29 is 4.74 Å². The van der Waals surface area contributed by atoms with E-state index in [1.165, 1.54) is 14.7 Å². The number of para-hydroxylation sites is 1. The Morgan fingerprint density at radius 1 is 1.29 bits per heavy atom. The van der Waals surface area contributed by atoms with Gasteiger partial charge in [0.15, 0.2) is 0 Å². The van der Waals surface area contributed by atoms with E-state index in [0.29, 0.717) is 5.92 Å². The van der Waals surface area contributed by atoms with Crippen LogP contribution in [0.15, 0.2) is 46.9 Å². The maximum Gasteiger partial charge on any atom is 0.122 e. The van der Waals surface area contributed by atoms with E-state index in [1.807, 2.05) is 6.07 Å². The molecule has 0 bridgehead atoms. The van der Waals surface area contributed by atoms with Gasteiger partial charge in [-0.15, -0.1) is 0 Å². The fourth-order valence-corrected chi connectivity index (χ4v) is 4.01. The third-order valence-corrected chi connectivity index (χ3v) is 5.45. The van der Waals surface area contributed by atoms with Crippen molar-refractivity contribution >= 4 is 38.5 Å². The van der Waals surface area contributed by atoms with Crippen LogP contribution in [0.4, 0.5) is 0 Å². The molecule has 2 atom stereocenters. The molecule has 1 heterocycles. The minimum Gasteiger partial charge on any atom is -0.493 e. The Balaban J connectivity index is 1.82. The van der Waals surface area contributed by atoms with Crippen molar-refractivity contribution in [3.63, 3.8) is 0 Å². The van der Waals surface area contributed by atoms with Gasteiger partial charge in [0, 0.05) is 14.1 Å². The first-order chi connectivity index (χ1) is 10.1. The first-order valence-corrected chi connectivity index (χ1v) is 8.94. The van der Waals surface area contributed by atoms with Crippen molar-refractivity contribution in [2.45, 2.75) is 24.8 Å². The lowest BCUT2D eigenvalue weighted by Gasteiger charge is -2.28. The molecule has 0 amide bonds. The van der Waals surface area contributed by atoms with Gasteiger partial charge in [-0.1, -0.05) is 34.1 Å². The summed E-state index contributed by atoms with van der Waals surface area (Å²) in [5.41, 5.74) is 9.00. The summed E-state index contributed by atoms with van der Waals surface area (Å²) in [6.07, 6.45) is 1.99. The van der Waals surface area contributed by atoms with Crippen LogP contribution in [0.2, 0.25) is 0 Å². The minimum absolute atomic E-state index is 0.0468. The van der Waals surface area contributed by atoms with Crippen LogP contribution in [0.1, 0.15) is 35.9 Å². The monoisotopic (exact) mass is 457 g/mol. The van der Waals surface area contributed by atoms with E-state index in [0.717, 1.165) is 29.7 Å². The number of halogens is 2. The van der Waals surface area contributed by atoms with E-state index in [9.17, 15) is 0 Å². The Hall–Kier alpha value is -0.590. The predicted octanol–water partition coefficient (Wildman–Crippen LogP) is 5.01. The molecule has 0 radical (unpaired) electrons. The molecule has 4 heteroatoms. The van der Waals surface area contributed by atoms with Crippen LogP contribution in [0.25, 0.3) is 0 Å². The lowest BCUT2D eigenvalue weighted by molar-refractivity contribution is 0.259. The summed E-state index contributed by atoms with van der Waals surface area (Å²) in [5, 5.41) is 0. The maximum atomic E-state index is 6.49. The zero-order valence-electron chi connectivity index (χ0n) is 11.6. The molecule has 3 rings (SSSR count). The normalized spacial score (nSPS) is 18.7. The summed E-state index contributed by atoms with van der Waals surface area (Å²) in [7, 11) is 0. The lowest BCUT2D eigenvalue weighted by atomic mass is 9.86. The molecule has 0 aromatic heterocycles. The fraction of sp³-hybridized carbons (Fsp3) is 0.294. The van der Waals surface area contributed by atoms with Crippen molar-refractivity contribution in [1.82, 2.24) is 0 Å². The molecule has 2 nitrogen and oxygen atoms in total. The van der Waals surface area contributed by atoms with Crippen LogP contribution in [-0.2, 0) is 0 Å². The molecular formula is C17H17BrINO. The number of nitrogens with two attached hydrogens (primary N) is 1. The first-order valence-electron chi connectivity index (χ1n) is 7.07. The summed E-state index contributed by atoms with van der Waals surface area (Å²) in [6.45, 7) is 0.782. The average molecular weight is 458 g/mol. The van der Waals surface area contributed by atoms with Crippen LogP contribution < -0.4 is 10.5 Å². The molecule has 0 saturated carbocycles. The number of rotatable bonds is 3. The van der Waals surface area contributed by atoms with E-state index in [-0.39, 0.29) is 6.04 Å². The highest BCUT2D eigenvalue weighted by Crippen LogP contribution is 2.39. The zero-order chi connectivity index (χ0) is 14.8. The van der Waals surface area contributed by atoms with E-state index < -0.39 is 0 Å². The number of ether oxygens (including phenoxy) is 1. The second-order valence-electron chi connectivity index (χ2n) is 5.38. The molecule has 2 aromatic carbocycles. The highest BCUT2D eigenvalue weighted by molar-refractivity contribution is 14.1. The summed E-state index contributed by atoms with van der Waals surface area (Å²) in [6, 6.07) is 14.7. The molecule has 0 saturated heterocycles. The highest BCUT2D eigenvalue weighted by Gasteiger charge is 2.24. The molecule has 1 aliphatic rings. The van der Waals surface area contributed by atoms with Gasteiger partial charge in [0.1, 0.15) is 5.75 Å². The zero-order valence-corrected chi connectivity index (χ0v) is 15.3. The van der Waals surface area contributed by atoms with Gasteiger partial charge in [-0.3, -0.25) is 0 Å². The predicted molar refractivity (Wildman–Crippen MR) is 97.7 cm³/mol. The van der Waals surface area contributed by atoms with Gasteiger partial charge in [0.2, 0.25) is 0 Å². The topological polar surface area (TPSA) is 35.2 Å².